The highest BCUT2D eigenvalue weighted by molar-refractivity contribution is 9.10. The molecule has 25 heavy (non-hydrogen) atoms. The molecule has 0 N–H and O–H groups in total. The van der Waals surface area contributed by atoms with Crippen LogP contribution in [-0.2, 0) is 0 Å². The van der Waals surface area contributed by atoms with Gasteiger partial charge in [0.05, 0.1) is 0 Å². The van der Waals surface area contributed by atoms with Gasteiger partial charge in [0.15, 0.2) is 0 Å². The first-order valence-corrected chi connectivity index (χ1v) is 9.20. The lowest BCUT2D eigenvalue weighted by atomic mass is 9.92. The van der Waals surface area contributed by atoms with E-state index >= 15 is 0 Å². The third-order valence-corrected chi connectivity index (χ3v) is 5.45. The molecule has 0 atom stereocenters. The van der Waals surface area contributed by atoms with Gasteiger partial charge in [-0.15, -0.1) is 0 Å². The van der Waals surface area contributed by atoms with Gasteiger partial charge in [-0.2, -0.15) is 0 Å². The van der Waals surface area contributed by atoms with Crippen LogP contribution in [0, 0.1) is 0 Å². The Morgan fingerprint density at radius 2 is 0.840 bits per heavy atom. The summed E-state index contributed by atoms with van der Waals surface area (Å²) >= 11 is 3.52. The van der Waals surface area contributed by atoms with Crippen molar-refractivity contribution in [1.29, 1.82) is 0 Å². The average molecular weight is 383 g/mol. The molecule has 0 heterocycles. The first kappa shape index (κ1) is 14.7. The van der Waals surface area contributed by atoms with E-state index in [0.29, 0.717) is 0 Å². The molecule has 5 rings (SSSR count). The fraction of sp³-hybridized carbons (Fsp3) is 0. The Morgan fingerprint density at radius 1 is 0.400 bits per heavy atom. The van der Waals surface area contributed by atoms with Crippen molar-refractivity contribution in [3.63, 3.8) is 0 Å². The molecule has 0 saturated heterocycles. The molecule has 0 bridgehead atoms. The molecule has 1 heteroatoms. The normalized spacial score (nSPS) is 11.4. The SMILES string of the molecule is Brc1ccc(-c2ccc3c4ccccc4c4ccccc4c3c2)cc1. The molecule has 0 radical (unpaired) electrons. The van der Waals surface area contributed by atoms with Gasteiger partial charge < -0.3 is 0 Å². The molecule has 0 aliphatic heterocycles. The van der Waals surface area contributed by atoms with Crippen LogP contribution in [0.15, 0.2) is 95.5 Å². The van der Waals surface area contributed by atoms with Gasteiger partial charge in [0.25, 0.3) is 0 Å². The van der Waals surface area contributed by atoms with Crippen molar-refractivity contribution in [2.24, 2.45) is 0 Å². The zero-order chi connectivity index (χ0) is 16.8. The lowest BCUT2D eigenvalue weighted by Crippen LogP contribution is -1.84. The maximum atomic E-state index is 3.52. The summed E-state index contributed by atoms with van der Waals surface area (Å²) in [6.07, 6.45) is 0. The van der Waals surface area contributed by atoms with Crippen LogP contribution in [0.3, 0.4) is 0 Å². The summed E-state index contributed by atoms with van der Waals surface area (Å²) in [6.45, 7) is 0. The molecular formula is C24H15Br. The fourth-order valence-corrected chi connectivity index (χ4v) is 3.99. The number of fused-ring (bicyclic) bond motifs is 6. The monoisotopic (exact) mass is 382 g/mol. The van der Waals surface area contributed by atoms with Crippen LogP contribution < -0.4 is 0 Å². The van der Waals surface area contributed by atoms with Crippen LogP contribution in [0.25, 0.3) is 43.4 Å². The van der Waals surface area contributed by atoms with Gasteiger partial charge in [0.1, 0.15) is 0 Å². The molecule has 0 aliphatic rings. The Morgan fingerprint density at radius 3 is 1.40 bits per heavy atom. The molecular weight excluding hydrogens is 368 g/mol. The minimum absolute atomic E-state index is 1.11. The second kappa shape index (κ2) is 5.72. The Bertz CT molecular complexity index is 1200. The van der Waals surface area contributed by atoms with Gasteiger partial charge in [-0.1, -0.05) is 88.7 Å². The number of hydrogen-bond acceptors (Lipinski definition) is 0. The van der Waals surface area contributed by atoms with Gasteiger partial charge in [-0.25, -0.2) is 0 Å². The molecule has 0 unspecified atom stereocenters. The van der Waals surface area contributed by atoms with Crippen LogP contribution in [-0.4, -0.2) is 0 Å². The lowest BCUT2D eigenvalue weighted by molar-refractivity contribution is 1.62. The van der Waals surface area contributed by atoms with E-state index in [1.807, 2.05) is 0 Å². The fourth-order valence-electron chi connectivity index (χ4n) is 3.73. The first-order chi connectivity index (χ1) is 12.3. The third kappa shape index (κ3) is 2.35. The van der Waals surface area contributed by atoms with E-state index in [9.17, 15) is 0 Å². The Kier molecular flexibility index (Phi) is 3.36. The van der Waals surface area contributed by atoms with Crippen LogP contribution in [0.1, 0.15) is 0 Å². The third-order valence-electron chi connectivity index (χ3n) is 4.92. The molecule has 5 aromatic rings. The highest BCUT2D eigenvalue weighted by atomic mass is 79.9. The van der Waals surface area contributed by atoms with E-state index in [4.69, 9.17) is 0 Å². The van der Waals surface area contributed by atoms with E-state index in [1.165, 1.54) is 43.4 Å². The first-order valence-electron chi connectivity index (χ1n) is 8.40. The summed E-state index contributed by atoms with van der Waals surface area (Å²) in [6, 6.07) is 32.7. The molecule has 0 aromatic heterocycles. The molecule has 0 fully saturated rings. The number of hydrogen-bond donors (Lipinski definition) is 0. The van der Waals surface area contributed by atoms with Gasteiger partial charge in [0.2, 0.25) is 0 Å². The molecule has 0 nitrogen and oxygen atoms in total. The molecule has 0 saturated carbocycles. The number of rotatable bonds is 1. The second-order valence-electron chi connectivity index (χ2n) is 6.36. The standard InChI is InChI=1S/C24H15Br/c25-18-12-9-16(10-13-18)17-11-14-23-21-7-2-1-5-19(21)20-6-3-4-8-22(20)24(23)15-17/h1-15H. The van der Waals surface area contributed by atoms with Gasteiger partial charge in [0, 0.05) is 4.47 Å². The highest BCUT2D eigenvalue weighted by Gasteiger charge is 2.09. The van der Waals surface area contributed by atoms with E-state index in [0.717, 1.165) is 4.47 Å². The van der Waals surface area contributed by atoms with Crippen molar-refractivity contribution in [3.8, 4) is 11.1 Å². The summed E-state index contributed by atoms with van der Waals surface area (Å²) in [5.74, 6) is 0. The van der Waals surface area contributed by atoms with E-state index < -0.39 is 0 Å². The van der Waals surface area contributed by atoms with Crippen molar-refractivity contribution < 1.29 is 0 Å². The molecule has 118 valence electrons. The minimum Gasteiger partial charge on any atom is -0.0616 e. The Labute approximate surface area is 154 Å². The molecule has 5 aromatic carbocycles. The molecule has 0 aliphatic carbocycles. The topological polar surface area (TPSA) is 0 Å². The largest absolute Gasteiger partial charge is 0.0616 e. The predicted octanol–water partition coefficient (Wildman–Crippen LogP) is 7.58. The van der Waals surface area contributed by atoms with E-state index in [2.05, 4.69) is 107 Å². The quantitative estimate of drug-likeness (QED) is 0.262. The lowest BCUT2D eigenvalue weighted by Gasteiger charge is -2.12. The minimum atomic E-state index is 1.11. The van der Waals surface area contributed by atoms with Gasteiger partial charge in [-0.3, -0.25) is 0 Å². The van der Waals surface area contributed by atoms with Crippen molar-refractivity contribution in [1.82, 2.24) is 0 Å². The summed E-state index contributed by atoms with van der Waals surface area (Å²) in [7, 11) is 0. The summed E-state index contributed by atoms with van der Waals surface area (Å²) in [5, 5.41) is 7.90. The molecule has 0 amide bonds. The van der Waals surface area contributed by atoms with E-state index in [1.54, 1.807) is 0 Å². The Hall–Kier alpha value is -2.64. The van der Waals surface area contributed by atoms with Gasteiger partial charge >= 0.3 is 0 Å². The van der Waals surface area contributed by atoms with Crippen LogP contribution >= 0.6 is 15.9 Å². The number of benzene rings is 5. The van der Waals surface area contributed by atoms with E-state index in [-0.39, 0.29) is 0 Å². The zero-order valence-electron chi connectivity index (χ0n) is 13.5. The van der Waals surface area contributed by atoms with Crippen LogP contribution in [0.2, 0.25) is 0 Å². The Balaban J connectivity index is 1.91. The van der Waals surface area contributed by atoms with Crippen molar-refractivity contribution in [2.75, 3.05) is 0 Å². The van der Waals surface area contributed by atoms with Crippen molar-refractivity contribution >= 4 is 48.2 Å². The highest BCUT2D eigenvalue weighted by Crippen LogP contribution is 2.37. The predicted molar refractivity (Wildman–Crippen MR) is 112 cm³/mol. The van der Waals surface area contributed by atoms with Gasteiger partial charge in [-0.05, 0) is 61.6 Å². The second-order valence-corrected chi connectivity index (χ2v) is 7.27. The average Bonchev–Trinajstić information content (AvgIpc) is 2.68. The zero-order valence-corrected chi connectivity index (χ0v) is 15.1. The summed E-state index contributed by atoms with van der Waals surface area (Å²) in [4.78, 5) is 0. The smallest absolute Gasteiger partial charge is 0.0175 e. The maximum absolute atomic E-state index is 3.52. The summed E-state index contributed by atoms with van der Waals surface area (Å²) in [5.41, 5.74) is 2.49. The van der Waals surface area contributed by atoms with Crippen LogP contribution in [0.4, 0.5) is 0 Å². The van der Waals surface area contributed by atoms with Crippen LogP contribution in [0.5, 0.6) is 0 Å². The maximum Gasteiger partial charge on any atom is 0.0175 e. The summed E-state index contributed by atoms with van der Waals surface area (Å²) < 4.78 is 1.11. The van der Waals surface area contributed by atoms with Crippen molar-refractivity contribution in [3.05, 3.63) is 95.5 Å². The number of halogens is 1. The molecule has 0 spiro atoms. The van der Waals surface area contributed by atoms with Crippen molar-refractivity contribution in [2.45, 2.75) is 0 Å².